The van der Waals surface area contributed by atoms with Gasteiger partial charge in [-0.3, -0.25) is 9.98 Å². The van der Waals surface area contributed by atoms with Crippen LogP contribution >= 0.6 is 0 Å². The van der Waals surface area contributed by atoms with Crippen LogP contribution in [0.5, 0.6) is 11.5 Å². The van der Waals surface area contributed by atoms with Gasteiger partial charge < -0.3 is 10.2 Å². The summed E-state index contributed by atoms with van der Waals surface area (Å²) < 4.78 is 0. The minimum Gasteiger partial charge on any atom is -0.507 e. The van der Waals surface area contributed by atoms with E-state index in [-0.39, 0.29) is 33.0 Å². The van der Waals surface area contributed by atoms with E-state index in [0.717, 1.165) is 27.8 Å². The number of aryl methyl sites for hydroxylation is 1. The molecular weight excluding hydrogens is 467 g/mol. The van der Waals surface area contributed by atoms with Crippen molar-refractivity contribution in [3.63, 3.8) is 0 Å². The van der Waals surface area contributed by atoms with E-state index in [0.29, 0.717) is 24.6 Å². The second-order valence-corrected chi connectivity index (χ2v) is 12.0. The molecule has 34 heavy (non-hydrogen) atoms. The summed E-state index contributed by atoms with van der Waals surface area (Å²) in [6.45, 7) is 22.1. The summed E-state index contributed by atoms with van der Waals surface area (Å²) in [6, 6.07) is 8.11. The van der Waals surface area contributed by atoms with Crippen molar-refractivity contribution in [1.29, 1.82) is 0 Å². The van der Waals surface area contributed by atoms with Gasteiger partial charge in [-0.05, 0) is 46.4 Å². The van der Waals surface area contributed by atoms with Crippen LogP contribution in [0.3, 0.4) is 0 Å². The minimum atomic E-state index is -0.167. The molecule has 0 saturated heterocycles. The summed E-state index contributed by atoms with van der Waals surface area (Å²) in [5, 5.41) is 21.5. The Balaban J connectivity index is 0.00000578. The van der Waals surface area contributed by atoms with E-state index in [9.17, 15) is 10.2 Å². The fourth-order valence-corrected chi connectivity index (χ4v) is 3.68. The van der Waals surface area contributed by atoms with Crippen molar-refractivity contribution in [3.05, 3.63) is 57.6 Å². The molecule has 4 nitrogen and oxygen atoms in total. The van der Waals surface area contributed by atoms with Gasteiger partial charge in [0.25, 0.3) is 0 Å². The molecule has 1 radical (unpaired) electrons. The molecule has 0 aliphatic carbocycles. The van der Waals surface area contributed by atoms with E-state index in [1.165, 1.54) is 5.56 Å². The fraction of sp³-hybridized carbons (Fsp3) is 0.517. The maximum Gasteiger partial charge on any atom is 0.128 e. The molecule has 0 aliphatic rings. The molecule has 2 N–H and O–H groups in total. The van der Waals surface area contributed by atoms with Crippen LogP contribution < -0.4 is 0 Å². The van der Waals surface area contributed by atoms with Gasteiger partial charge in [0.1, 0.15) is 11.5 Å². The normalized spacial score (nSPS) is 13.0. The number of phenolic OH excluding ortho intramolecular Hbond substituents is 2. The number of nitrogens with zero attached hydrogens (tertiary/aromatic N) is 2. The summed E-state index contributed by atoms with van der Waals surface area (Å²) in [5.74, 6) is 0.584. The topological polar surface area (TPSA) is 65.2 Å². The summed E-state index contributed by atoms with van der Waals surface area (Å²) >= 11 is 0. The zero-order chi connectivity index (χ0) is 25.2. The van der Waals surface area contributed by atoms with E-state index >= 15 is 0 Å². The van der Waals surface area contributed by atoms with Crippen LogP contribution in [0.2, 0.25) is 0 Å². The second-order valence-electron chi connectivity index (χ2n) is 12.0. The van der Waals surface area contributed by atoms with Crippen molar-refractivity contribution in [2.75, 3.05) is 13.1 Å². The predicted molar refractivity (Wildman–Crippen MR) is 142 cm³/mol. The predicted octanol–water partition coefficient (Wildman–Crippen LogP) is 6.83. The Hall–Kier alpha value is -2.11. The Morgan fingerprint density at radius 3 is 1.47 bits per heavy atom. The number of hydrogen-bond donors (Lipinski definition) is 2. The molecule has 5 heteroatoms. The first-order chi connectivity index (χ1) is 15.0. The van der Waals surface area contributed by atoms with Crippen molar-refractivity contribution in [2.24, 2.45) is 9.98 Å². The fourth-order valence-electron chi connectivity index (χ4n) is 3.68. The molecule has 0 saturated carbocycles. The molecule has 0 atom stereocenters. The summed E-state index contributed by atoms with van der Waals surface area (Å²) in [5.41, 5.74) is 5.26. The zero-order valence-electron chi connectivity index (χ0n) is 22.5. The summed E-state index contributed by atoms with van der Waals surface area (Å²) in [6.07, 6.45) is 3.47. The van der Waals surface area contributed by atoms with Crippen molar-refractivity contribution >= 4 is 12.4 Å². The van der Waals surface area contributed by atoms with Crippen molar-refractivity contribution < 1.29 is 27.0 Å². The van der Waals surface area contributed by atoms with Gasteiger partial charge in [0.2, 0.25) is 0 Å². The molecule has 0 aromatic heterocycles. The van der Waals surface area contributed by atoms with Gasteiger partial charge in [-0.2, -0.15) is 0 Å². The average molecular weight is 510 g/mol. The SMILES string of the molecule is Cc1cc(C=NCCN=Cc2cc(C(C)(C)C)cc(C(C)(C)C)c2O)c(O)c(C(C)(C)C)c1.[Co]. The van der Waals surface area contributed by atoms with Crippen molar-refractivity contribution in [2.45, 2.75) is 85.5 Å². The van der Waals surface area contributed by atoms with Crippen LogP contribution in [0.25, 0.3) is 0 Å². The molecule has 2 aromatic carbocycles. The molecular formula is C29H42CoN2O2. The van der Waals surface area contributed by atoms with E-state index in [2.05, 4.69) is 78.4 Å². The van der Waals surface area contributed by atoms with Crippen molar-refractivity contribution in [3.8, 4) is 11.5 Å². The summed E-state index contributed by atoms with van der Waals surface area (Å²) in [4.78, 5) is 8.99. The Labute approximate surface area is 216 Å². The first kappa shape index (κ1) is 29.9. The van der Waals surface area contributed by atoms with E-state index in [1.54, 1.807) is 12.4 Å². The first-order valence-electron chi connectivity index (χ1n) is 11.7. The average Bonchev–Trinajstić information content (AvgIpc) is 2.65. The Morgan fingerprint density at radius 1 is 0.647 bits per heavy atom. The van der Waals surface area contributed by atoms with Crippen LogP contribution in [-0.4, -0.2) is 35.7 Å². The van der Waals surface area contributed by atoms with E-state index in [1.807, 2.05) is 25.1 Å². The summed E-state index contributed by atoms with van der Waals surface area (Å²) in [7, 11) is 0. The van der Waals surface area contributed by atoms with Crippen LogP contribution in [0, 0.1) is 6.92 Å². The third-order valence-electron chi connectivity index (χ3n) is 5.72. The molecule has 0 heterocycles. The quantitative estimate of drug-likeness (QED) is 0.343. The molecule has 0 bridgehead atoms. The first-order valence-corrected chi connectivity index (χ1v) is 11.7. The van der Waals surface area contributed by atoms with Crippen LogP contribution in [-0.2, 0) is 33.0 Å². The number of phenols is 2. The maximum absolute atomic E-state index is 10.9. The number of aliphatic imine (C=N–C) groups is 2. The molecule has 189 valence electrons. The van der Waals surface area contributed by atoms with Gasteiger partial charge in [-0.1, -0.05) is 74.4 Å². The number of aromatic hydroxyl groups is 2. The van der Waals surface area contributed by atoms with Gasteiger partial charge in [0.05, 0.1) is 13.1 Å². The minimum absolute atomic E-state index is 0. The van der Waals surface area contributed by atoms with Gasteiger partial charge in [-0.15, -0.1) is 0 Å². The molecule has 0 aliphatic heterocycles. The molecule has 0 fully saturated rings. The van der Waals surface area contributed by atoms with E-state index in [4.69, 9.17) is 0 Å². The maximum atomic E-state index is 10.9. The zero-order valence-corrected chi connectivity index (χ0v) is 23.5. The van der Waals surface area contributed by atoms with Gasteiger partial charge in [-0.25, -0.2) is 0 Å². The Bertz CT molecular complexity index is 1050. The largest absolute Gasteiger partial charge is 0.507 e. The van der Waals surface area contributed by atoms with E-state index < -0.39 is 0 Å². The third-order valence-corrected chi connectivity index (χ3v) is 5.72. The van der Waals surface area contributed by atoms with Gasteiger partial charge in [0, 0.05) is 51.5 Å². The molecule has 2 aromatic rings. The molecule has 0 spiro atoms. The third kappa shape index (κ3) is 7.71. The molecule has 2 rings (SSSR count). The number of rotatable bonds is 5. The molecule has 0 amide bonds. The standard InChI is InChI=1S/C29H42N2O2.Co/c1-19-13-20(25(32)23(14-19)28(5,6)7)17-30-11-12-31-18-21-15-22(27(2,3)4)16-24(26(21)33)29(8,9)10;/h13-18,32-33H,11-12H2,1-10H3;. The van der Waals surface area contributed by atoms with Crippen molar-refractivity contribution in [1.82, 2.24) is 0 Å². The van der Waals surface area contributed by atoms with Crippen LogP contribution in [0.15, 0.2) is 34.3 Å². The monoisotopic (exact) mass is 509 g/mol. The second kappa shape index (κ2) is 11.1. The number of benzene rings is 2. The van der Waals surface area contributed by atoms with Crippen LogP contribution in [0.1, 0.15) is 95.7 Å². The van der Waals surface area contributed by atoms with Gasteiger partial charge >= 0.3 is 0 Å². The van der Waals surface area contributed by atoms with Crippen LogP contribution in [0.4, 0.5) is 0 Å². The van der Waals surface area contributed by atoms with Gasteiger partial charge in [0.15, 0.2) is 0 Å². The number of hydrogen-bond acceptors (Lipinski definition) is 4. The molecule has 0 unspecified atom stereocenters. The Morgan fingerprint density at radius 2 is 1.06 bits per heavy atom. The Kier molecular flexibility index (Phi) is 9.75. The smallest absolute Gasteiger partial charge is 0.128 e.